The number of carbonyl (C=O) groups is 1. The van der Waals surface area contributed by atoms with Gasteiger partial charge in [0, 0.05) is 18.7 Å². The Bertz CT molecular complexity index is 651. The molecule has 0 saturated heterocycles. The van der Waals surface area contributed by atoms with E-state index in [4.69, 9.17) is 22.1 Å². The van der Waals surface area contributed by atoms with Crippen molar-refractivity contribution in [1.29, 1.82) is 0 Å². The molecule has 0 unspecified atom stereocenters. The molecule has 0 saturated carbocycles. The van der Waals surface area contributed by atoms with Crippen molar-refractivity contribution in [3.05, 3.63) is 41.6 Å². The van der Waals surface area contributed by atoms with Gasteiger partial charge in [-0.2, -0.15) is 0 Å². The van der Waals surface area contributed by atoms with E-state index in [2.05, 4.69) is 5.32 Å². The molecule has 1 aliphatic rings. The Morgan fingerprint density at radius 1 is 1.32 bits per heavy atom. The molecular formula is C13H10N2O3S. The highest BCUT2D eigenvalue weighted by Gasteiger charge is 2.17. The summed E-state index contributed by atoms with van der Waals surface area (Å²) in [5.74, 6) is 0.887. The number of rotatable bonds is 2. The molecule has 0 spiro atoms. The van der Waals surface area contributed by atoms with Crippen molar-refractivity contribution < 1.29 is 14.3 Å². The van der Waals surface area contributed by atoms with E-state index < -0.39 is 0 Å². The van der Waals surface area contributed by atoms with Crippen molar-refractivity contribution in [2.24, 2.45) is 0 Å². The zero-order valence-electron chi connectivity index (χ0n) is 9.80. The molecular weight excluding hydrogens is 264 g/mol. The van der Waals surface area contributed by atoms with Gasteiger partial charge in [0.1, 0.15) is 0 Å². The number of anilines is 2. The van der Waals surface area contributed by atoms with Crippen molar-refractivity contribution in [3.8, 4) is 11.5 Å². The minimum absolute atomic E-state index is 0.160. The fourth-order valence-electron chi connectivity index (χ4n) is 1.72. The summed E-state index contributed by atoms with van der Waals surface area (Å²) >= 11 is 1.22. The molecule has 5 nitrogen and oxygen atoms in total. The number of ether oxygens (including phenoxy) is 2. The van der Waals surface area contributed by atoms with Gasteiger partial charge in [0.2, 0.25) is 6.79 Å². The van der Waals surface area contributed by atoms with Crippen molar-refractivity contribution in [2.75, 3.05) is 17.8 Å². The summed E-state index contributed by atoms with van der Waals surface area (Å²) in [6.45, 7) is 6.01. The minimum Gasteiger partial charge on any atom is -0.454 e. The number of fused-ring (bicyclic) bond motifs is 1. The third kappa shape index (κ3) is 2.22. The highest BCUT2D eigenvalue weighted by Crippen LogP contribution is 2.37. The van der Waals surface area contributed by atoms with Gasteiger partial charge in [-0.25, -0.2) is 0 Å². The maximum absolute atomic E-state index is 12.0. The smallest absolute Gasteiger partial charge is 0.265 e. The number of nitrogen functional groups attached to an aromatic ring is 1. The Hall–Kier alpha value is -2.21. The molecule has 6 heteroatoms. The zero-order valence-corrected chi connectivity index (χ0v) is 10.6. The Morgan fingerprint density at radius 3 is 2.74 bits per heavy atom. The molecule has 0 bridgehead atoms. The van der Waals surface area contributed by atoms with Gasteiger partial charge in [-0.1, -0.05) is 0 Å². The fraction of sp³-hybridized carbons (Fsp3) is 0.0769. The van der Waals surface area contributed by atoms with E-state index in [1.165, 1.54) is 11.3 Å². The maximum Gasteiger partial charge on any atom is 0.265 e. The van der Waals surface area contributed by atoms with Gasteiger partial charge in [-0.3, -0.25) is 4.79 Å². The van der Waals surface area contributed by atoms with Crippen LogP contribution in [0.5, 0.6) is 11.5 Å². The van der Waals surface area contributed by atoms with Gasteiger partial charge in [0.25, 0.3) is 5.91 Å². The molecule has 1 aliphatic heterocycles. The molecule has 2 heterocycles. The van der Waals surface area contributed by atoms with Crippen molar-refractivity contribution in [2.45, 2.75) is 0 Å². The highest BCUT2D eigenvalue weighted by molar-refractivity contribution is 7.17. The lowest BCUT2D eigenvalue weighted by Crippen LogP contribution is -2.11. The van der Waals surface area contributed by atoms with Crippen LogP contribution >= 0.6 is 11.3 Å². The summed E-state index contributed by atoms with van der Waals surface area (Å²) < 4.78 is 10.4. The standard InChI is InChI=1S/C13H10N2O3S/c1-7-4-9-10(18-6-17-9)5-8(7)15-13(16)11-2-3-12(14)19-11/h1-5H,6,14H2,(H,15,16). The fourth-order valence-corrected chi connectivity index (χ4v) is 2.39. The molecule has 19 heavy (non-hydrogen) atoms. The normalized spacial score (nSPS) is 12.5. The molecule has 3 rings (SSSR count). The summed E-state index contributed by atoms with van der Waals surface area (Å²) in [7, 11) is 0. The second-order valence-corrected chi connectivity index (χ2v) is 5.06. The first-order valence-electron chi connectivity index (χ1n) is 5.49. The third-order valence-corrected chi connectivity index (χ3v) is 3.56. The first-order chi connectivity index (χ1) is 9.13. The number of nitrogens with one attached hydrogen (secondary N) is 1. The van der Waals surface area contributed by atoms with Crippen LogP contribution in [0.3, 0.4) is 0 Å². The van der Waals surface area contributed by atoms with Crippen LogP contribution < -0.4 is 20.5 Å². The summed E-state index contributed by atoms with van der Waals surface area (Å²) in [5, 5.41) is 3.31. The first kappa shape index (κ1) is 11.9. The number of nitrogens with two attached hydrogens (primary N) is 1. The largest absolute Gasteiger partial charge is 0.454 e. The number of amides is 1. The molecule has 3 N–H and O–H groups in total. The van der Waals surface area contributed by atoms with E-state index in [1.807, 2.05) is 0 Å². The number of hydrogen-bond acceptors (Lipinski definition) is 5. The molecule has 1 amide bonds. The molecule has 0 fully saturated rings. The number of benzene rings is 1. The number of hydrogen-bond donors (Lipinski definition) is 2. The van der Waals surface area contributed by atoms with Crippen LogP contribution in [0.25, 0.3) is 0 Å². The summed E-state index contributed by atoms with van der Waals surface area (Å²) in [6, 6.07) is 6.62. The Labute approximate surface area is 113 Å². The van der Waals surface area contributed by atoms with Crippen LogP contribution in [0.1, 0.15) is 15.2 Å². The molecule has 1 aromatic carbocycles. The predicted molar refractivity (Wildman–Crippen MR) is 72.7 cm³/mol. The van der Waals surface area contributed by atoms with Gasteiger partial charge in [0.15, 0.2) is 11.5 Å². The second kappa shape index (κ2) is 4.47. The quantitative estimate of drug-likeness (QED) is 0.881. The Morgan fingerprint density at radius 2 is 2.05 bits per heavy atom. The Balaban J connectivity index is 1.85. The molecule has 2 aromatic rings. The molecule has 1 aromatic heterocycles. The van der Waals surface area contributed by atoms with E-state index >= 15 is 0 Å². The molecule has 96 valence electrons. The van der Waals surface area contributed by atoms with E-state index in [9.17, 15) is 4.79 Å². The number of carbonyl (C=O) groups excluding carboxylic acids is 1. The van der Waals surface area contributed by atoms with Gasteiger partial charge < -0.3 is 20.5 Å². The van der Waals surface area contributed by atoms with E-state index in [1.54, 1.807) is 24.3 Å². The first-order valence-corrected chi connectivity index (χ1v) is 6.31. The summed E-state index contributed by atoms with van der Waals surface area (Å²) in [5.41, 5.74) is 6.50. The number of thiophene rings is 1. The van der Waals surface area contributed by atoms with E-state index in [0.29, 0.717) is 32.6 Å². The van der Waals surface area contributed by atoms with Crippen LogP contribution in [0.15, 0.2) is 24.3 Å². The van der Waals surface area contributed by atoms with E-state index in [0.717, 1.165) is 0 Å². The average Bonchev–Trinajstić information content (AvgIpc) is 2.98. The highest BCUT2D eigenvalue weighted by atomic mass is 32.1. The van der Waals surface area contributed by atoms with Crippen LogP contribution in [0.4, 0.5) is 10.7 Å². The van der Waals surface area contributed by atoms with Gasteiger partial charge >= 0.3 is 0 Å². The van der Waals surface area contributed by atoms with Gasteiger partial charge in [-0.05, 0) is 23.8 Å². The molecule has 0 atom stereocenters. The maximum atomic E-state index is 12.0. The topological polar surface area (TPSA) is 73.6 Å². The van der Waals surface area contributed by atoms with Crippen LogP contribution in [0.2, 0.25) is 0 Å². The Kier molecular flexibility index (Phi) is 2.79. The third-order valence-electron chi connectivity index (χ3n) is 2.64. The lowest BCUT2D eigenvalue weighted by molar-refractivity contribution is 0.103. The van der Waals surface area contributed by atoms with Gasteiger partial charge in [-0.15, -0.1) is 11.3 Å². The van der Waals surface area contributed by atoms with Crippen molar-refractivity contribution in [1.82, 2.24) is 0 Å². The predicted octanol–water partition coefficient (Wildman–Crippen LogP) is 2.37. The van der Waals surface area contributed by atoms with Crippen LogP contribution in [-0.2, 0) is 0 Å². The zero-order chi connectivity index (χ0) is 13.4. The second-order valence-electron chi connectivity index (χ2n) is 3.95. The van der Waals surface area contributed by atoms with Crippen LogP contribution in [-0.4, -0.2) is 12.7 Å². The average molecular weight is 274 g/mol. The lowest BCUT2D eigenvalue weighted by Gasteiger charge is -2.08. The van der Waals surface area contributed by atoms with E-state index in [-0.39, 0.29) is 12.7 Å². The van der Waals surface area contributed by atoms with Gasteiger partial charge in [0.05, 0.1) is 9.88 Å². The van der Waals surface area contributed by atoms with Crippen molar-refractivity contribution >= 4 is 27.9 Å². The minimum atomic E-state index is -0.257. The lowest BCUT2D eigenvalue weighted by atomic mass is 10.1. The van der Waals surface area contributed by atoms with Crippen LogP contribution in [0, 0.1) is 6.92 Å². The monoisotopic (exact) mass is 274 g/mol. The van der Waals surface area contributed by atoms with Crippen molar-refractivity contribution in [3.63, 3.8) is 0 Å². The summed E-state index contributed by atoms with van der Waals surface area (Å²) in [4.78, 5) is 12.5. The molecule has 0 aliphatic carbocycles. The molecule has 2 radical (unpaired) electrons. The SMILES string of the molecule is [CH]c1cc2c(cc1NC(=O)c1ccc(N)s1)OCO2. The summed E-state index contributed by atoms with van der Waals surface area (Å²) in [6.07, 6.45) is 0.